The number of fused-ring (bicyclic) bond motifs is 1. The van der Waals surface area contributed by atoms with Gasteiger partial charge < -0.3 is 16.0 Å². The summed E-state index contributed by atoms with van der Waals surface area (Å²) in [6.45, 7) is 4.49. The second-order valence-corrected chi connectivity index (χ2v) is 6.50. The van der Waals surface area contributed by atoms with E-state index in [0.29, 0.717) is 0 Å². The van der Waals surface area contributed by atoms with Crippen LogP contribution in [0.1, 0.15) is 19.3 Å². The SMILES string of the molecule is Nc1ccc(NCCN2CCCCC2)c2ncc(Br)cc12. The number of aromatic nitrogens is 1. The first-order chi connectivity index (χ1) is 10.2. The van der Waals surface area contributed by atoms with Crippen LogP contribution in [0.2, 0.25) is 0 Å². The third-order valence-electron chi connectivity index (χ3n) is 4.04. The van der Waals surface area contributed by atoms with Gasteiger partial charge in [-0.1, -0.05) is 6.42 Å². The highest BCUT2D eigenvalue weighted by Crippen LogP contribution is 2.28. The molecule has 2 aromatic rings. The number of pyridine rings is 1. The highest BCUT2D eigenvalue weighted by molar-refractivity contribution is 9.10. The first-order valence-corrected chi connectivity index (χ1v) is 8.33. The summed E-state index contributed by atoms with van der Waals surface area (Å²) >= 11 is 3.45. The molecule has 0 radical (unpaired) electrons. The van der Waals surface area contributed by atoms with Crippen molar-refractivity contribution in [2.75, 3.05) is 37.2 Å². The summed E-state index contributed by atoms with van der Waals surface area (Å²) in [5.41, 5.74) is 8.81. The van der Waals surface area contributed by atoms with Crippen molar-refractivity contribution < 1.29 is 0 Å². The van der Waals surface area contributed by atoms with Gasteiger partial charge in [0.1, 0.15) is 0 Å². The van der Waals surface area contributed by atoms with Crippen molar-refractivity contribution >= 4 is 38.2 Å². The number of rotatable bonds is 4. The van der Waals surface area contributed by atoms with Gasteiger partial charge in [-0.05, 0) is 60.1 Å². The van der Waals surface area contributed by atoms with Gasteiger partial charge in [0.15, 0.2) is 0 Å². The molecule has 1 aromatic heterocycles. The Morgan fingerprint density at radius 2 is 2.05 bits per heavy atom. The average Bonchev–Trinajstić information content (AvgIpc) is 2.51. The monoisotopic (exact) mass is 348 g/mol. The lowest BCUT2D eigenvalue weighted by molar-refractivity contribution is 0.237. The second kappa shape index (κ2) is 6.62. The fourth-order valence-electron chi connectivity index (χ4n) is 2.89. The van der Waals surface area contributed by atoms with E-state index in [1.165, 1.54) is 32.4 Å². The quantitative estimate of drug-likeness (QED) is 0.830. The molecule has 4 nitrogen and oxygen atoms in total. The third kappa shape index (κ3) is 3.47. The summed E-state index contributed by atoms with van der Waals surface area (Å²) in [5.74, 6) is 0. The van der Waals surface area contributed by atoms with E-state index in [1.54, 1.807) is 0 Å². The fourth-order valence-corrected chi connectivity index (χ4v) is 3.22. The predicted octanol–water partition coefficient (Wildman–Crippen LogP) is 3.48. The van der Waals surface area contributed by atoms with Crippen molar-refractivity contribution in [3.8, 4) is 0 Å². The number of nitrogen functional groups attached to an aromatic ring is 1. The van der Waals surface area contributed by atoms with Gasteiger partial charge in [0.2, 0.25) is 0 Å². The summed E-state index contributed by atoms with van der Waals surface area (Å²) in [7, 11) is 0. The molecular weight excluding hydrogens is 328 g/mol. The molecule has 1 fully saturated rings. The zero-order chi connectivity index (χ0) is 14.7. The van der Waals surface area contributed by atoms with Gasteiger partial charge in [0.25, 0.3) is 0 Å². The minimum Gasteiger partial charge on any atom is -0.398 e. The third-order valence-corrected chi connectivity index (χ3v) is 4.48. The number of nitrogens with two attached hydrogens (primary N) is 1. The van der Waals surface area contributed by atoms with Crippen LogP contribution < -0.4 is 11.1 Å². The van der Waals surface area contributed by atoms with Crippen molar-refractivity contribution in [1.29, 1.82) is 0 Å². The van der Waals surface area contributed by atoms with Crippen LogP contribution in [0.3, 0.4) is 0 Å². The normalized spacial score (nSPS) is 16.2. The van der Waals surface area contributed by atoms with Crippen molar-refractivity contribution in [2.45, 2.75) is 19.3 Å². The maximum atomic E-state index is 6.04. The van der Waals surface area contributed by atoms with Crippen molar-refractivity contribution in [2.24, 2.45) is 0 Å². The number of anilines is 2. The smallest absolute Gasteiger partial charge is 0.0954 e. The number of hydrogen-bond donors (Lipinski definition) is 2. The molecular formula is C16H21BrN4. The zero-order valence-electron chi connectivity index (χ0n) is 12.1. The Kier molecular flexibility index (Phi) is 4.60. The summed E-state index contributed by atoms with van der Waals surface area (Å²) < 4.78 is 0.951. The van der Waals surface area contributed by atoms with E-state index in [4.69, 9.17) is 5.73 Å². The van der Waals surface area contributed by atoms with Crippen LogP contribution in [0, 0.1) is 0 Å². The van der Waals surface area contributed by atoms with Gasteiger partial charge in [-0.2, -0.15) is 0 Å². The number of nitrogens with one attached hydrogen (secondary N) is 1. The van der Waals surface area contributed by atoms with Crippen LogP contribution in [-0.4, -0.2) is 36.1 Å². The largest absolute Gasteiger partial charge is 0.398 e. The van der Waals surface area contributed by atoms with Crippen molar-refractivity contribution in [3.05, 3.63) is 28.9 Å². The molecule has 0 atom stereocenters. The molecule has 3 N–H and O–H groups in total. The van der Waals surface area contributed by atoms with Crippen molar-refractivity contribution in [3.63, 3.8) is 0 Å². The molecule has 112 valence electrons. The average molecular weight is 349 g/mol. The lowest BCUT2D eigenvalue weighted by Crippen LogP contribution is -2.33. The Morgan fingerprint density at radius 3 is 2.86 bits per heavy atom. The van der Waals surface area contributed by atoms with Gasteiger partial charge in [0, 0.05) is 34.8 Å². The molecule has 21 heavy (non-hydrogen) atoms. The van der Waals surface area contributed by atoms with Crippen LogP contribution in [0.5, 0.6) is 0 Å². The highest BCUT2D eigenvalue weighted by atomic mass is 79.9. The molecule has 1 aromatic carbocycles. The summed E-state index contributed by atoms with van der Waals surface area (Å²) in [6.07, 6.45) is 5.86. The van der Waals surface area contributed by atoms with Gasteiger partial charge in [0.05, 0.1) is 11.2 Å². The van der Waals surface area contributed by atoms with Gasteiger partial charge in [-0.3, -0.25) is 4.98 Å². The van der Waals surface area contributed by atoms with Crippen LogP contribution >= 0.6 is 15.9 Å². The number of piperidine rings is 1. The minimum absolute atomic E-state index is 0.764. The van der Waals surface area contributed by atoms with Crippen molar-refractivity contribution in [1.82, 2.24) is 9.88 Å². The topological polar surface area (TPSA) is 54.2 Å². The van der Waals surface area contributed by atoms with Gasteiger partial charge in [-0.25, -0.2) is 0 Å². The number of halogens is 1. The van der Waals surface area contributed by atoms with E-state index in [0.717, 1.165) is 39.8 Å². The van der Waals surface area contributed by atoms with Gasteiger partial charge >= 0.3 is 0 Å². The van der Waals surface area contributed by atoms with E-state index >= 15 is 0 Å². The molecule has 0 bridgehead atoms. The predicted molar refractivity (Wildman–Crippen MR) is 92.6 cm³/mol. The zero-order valence-corrected chi connectivity index (χ0v) is 13.7. The standard InChI is InChI=1S/C16H21BrN4/c17-12-10-13-14(18)4-5-15(16(13)20-11-12)19-6-9-21-7-2-1-3-8-21/h4-5,10-11,19H,1-3,6-9,18H2. The molecule has 0 aliphatic carbocycles. The number of likely N-dealkylation sites (tertiary alicyclic amines) is 1. The lowest BCUT2D eigenvalue weighted by Gasteiger charge is -2.26. The molecule has 5 heteroatoms. The van der Waals surface area contributed by atoms with Crippen LogP contribution in [0.15, 0.2) is 28.9 Å². The molecule has 0 spiro atoms. The number of hydrogen-bond acceptors (Lipinski definition) is 4. The maximum Gasteiger partial charge on any atom is 0.0954 e. The first kappa shape index (κ1) is 14.6. The summed E-state index contributed by atoms with van der Waals surface area (Å²) in [4.78, 5) is 7.03. The molecule has 0 amide bonds. The fraction of sp³-hybridized carbons (Fsp3) is 0.438. The van der Waals surface area contributed by atoms with E-state index in [9.17, 15) is 0 Å². The summed E-state index contributed by atoms with van der Waals surface area (Å²) in [5, 5.41) is 4.50. The molecule has 2 heterocycles. The Labute approximate surface area is 133 Å². The van der Waals surface area contributed by atoms with Gasteiger partial charge in [-0.15, -0.1) is 0 Å². The Morgan fingerprint density at radius 1 is 1.24 bits per heavy atom. The van der Waals surface area contributed by atoms with Crippen LogP contribution in [0.4, 0.5) is 11.4 Å². The molecule has 3 rings (SSSR count). The maximum absolute atomic E-state index is 6.04. The highest BCUT2D eigenvalue weighted by Gasteiger charge is 2.10. The number of nitrogens with zero attached hydrogens (tertiary/aromatic N) is 2. The molecule has 0 saturated carbocycles. The number of benzene rings is 1. The Bertz CT molecular complexity index is 623. The molecule has 1 saturated heterocycles. The van der Waals surface area contributed by atoms with E-state index in [1.807, 2.05) is 24.4 Å². The minimum atomic E-state index is 0.764. The second-order valence-electron chi connectivity index (χ2n) is 5.58. The van der Waals surface area contributed by atoms with Crippen LogP contribution in [-0.2, 0) is 0 Å². The van der Waals surface area contributed by atoms with Crippen LogP contribution in [0.25, 0.3) is 10.9 Å². The van der Waals surface area contributed by atoms with E-state index in [-0.39, 0.29) is 0 Å². The molecule has 1 aliphatic rings. The Hall–Kier alpha value is -1.33. The Balaban J connectivity index is 1.70. The van der Waals surface area contributed by atoms with E-state index < -0.39 is 0 Å². The molecule has 1 aliphatic heterocycles. The lowest BCUT2D eigenvalue weighted by atomic mass is 10.1. The first-order valence-electron chi connectivity index (χ1n) is 7.54. The summed E-state index contributed by atoms with van der Waals surface area (Å²) in [6, 6.07) is 5.99. The van der Waals surface area contributed by atoms with E-state index in [2.05, 4.69) is 31.1 Å². The molecule has 0 unspecified atom stereocenters.